The minimum atomic E-state index is -0.575. The predicted molar refractivity (Wildman–Crippen MR) is 69.1 cm³/mol. The number of hydrogen-bond donors (Lipinski definition) is 1. The fourth-order valence-electron chi connectivity index (χ4n) is 1.60. The van der Waals surface area contributed by atoms with E-state index in [1.807, 2.05) is 0 Å². The molecule has 5 heteroatoms. The van der Waals surface area contributed by atoms with E-state index in [-0.39, 0.29) is 5.56 Å². The first-order valence-electron chi connectivity index (χ1n) is 5.61. The van der Waals surface area contributed by atoms with Gasteiger partial charge < -0.3 is 10.5 Å². The van der Waals surface area contributed by atoms with E-state index in [0.29, 0.717) is 16.7 Å². The van der Waals surface area contributed by atoms with Crippen LogP contribution in [0.2, 0.25) is 0 Å². The highest BCUT2D eigenvalue weighted by molar-refractivity contribution is 6.06. The molecule has 0 amide bonds. The lowest BCUT2D eigenvalue weighted by Gasteiger charge is -2.20. The zero-order valence-corrected chi connectivity index (χ0v) is 10.6. The van der Waals surface area contributed by atoms with Crippen LogP contribution < -0.4 is 5.73 Å². The topological polar surface area (TPSA) is 78.1 Å². The van der Waals surface area contributed by atoms with Gasteiger partial charge in [-0.1, -0.05) is 0 Å². The zero-order chi connectivity index (χ0) is 13.3. The Balaban J connectivity index is 2.56. The molecule has 1 heterocycles. The molecule has 0 aliphatic carbocycles. The van der Waals surface area contributed by atoms with Gasteiger partial charge in [0, 0.05) is 18.1 Å². The summed E-state index contributed by atoms with van der Waals surface area (Å²) in [5.74, 6) is -0.480. The van der Waals surface area contributed by atoms with Gasteiger partial charge in [-0.3, -0.25) is 9.97 Å². The first kappa shape index (κ1) is 12.3. The van der Waals surface area contributed by atoms with Crippen molar-refractivity contribution < 1.29 is 9.53 Å². The number of nitrogens with two attached hydrogens (primary N) is 1. The highest BCUT2D eigenvalue weighted by Crippen LogP contribution is 2.23. The first-order chi connectivity index (χ1) is 8.38. The van der Waals surface area contributed by atoms with E-state index in [0.717, 1.165) is 0 Å². The third kappa shape index (κ3) is 2.40. The van der Waals surface area contributed by atoms with E-state index < -0.39 is 11.6 Å². The average Bonchev–Trinajstić information content (AvgIpc) is 2.26. The lowest BCUT2D eigenvalue weighted by atomic mass is 10.1. The van der Waals surface area contributed by atoms with E-state index in [1.165, 1.54) is 6.20 Å². The summed E-state index contributed by atoms with van der Waals surface area (Å²) in [5, 5.41) is 0. The third-order valence-electron chi connectivity index (χ3n) is 2.28. The summed E-state index contributed by atoms with van der Waals surface area (Å²) in [6, 6.07) is 3.36. The van der Waals surface area contributed by atoms with Crippen LogP contribution in [-0.2, 0) is 4.74 Å². The van der Waals surface area contributed by atoms with E-state index in [4.69, 9.17) is 10.5 Å². The molecule has 0 unspecified atom stereocenters. The second-order valence-corrected chi connectivity index (χ2v) is 4.96. The molecule has 1 aromatic heterocycles. The number of fused-ring (bicyclic) bond motifs is 1. The van der Waals surface area contributed by atoms with Crippen molar-refractivity contribution in [2.45, 2.75) is 26.4 Å². The Kier molecular flexibility index (Phi) is 2.90. The number of nitrogen functional groups attached to an aromatic ring is 1. The molecule has 2 aromatic rings. The highest BCUT2D eigenvalue weighted by Gasteiger charge is 2.22. The number of hydrogen-bond acceptors (Lipinski definition) is 5. The number of nitrogens with zero attached hydrogens (tertiary/aromatic N) is 2. The van der Waals surface area contributed by atoms with Crippen LogP contribution in [0.1, 0.15) is 31.1 Å². The van der Waals surface area contributed by atoms with Gasteiger partial charge in [0.1, 0.15) is 16.7 Å². The Morgan fingerprint density at radius 1 is 1.22 bits per heavy atom. The largest absolute Gasteiger partial charge is 0.456 e. The Labute approximate surface area is 105 Å². The maximum absolute atomic E-state index is 12.1. The fraction of sp³-hybridized carbons (Fsp3) is 0.308. The lowest BCUT2D eigenvalue weighted by Crippen LogP contribution is -2.24. The summed E-state index contributed by atoms with van der Waals surface area (Å²) >= 11 is 0. The van der Waals surface area contributed by atoms with Gasteiger partial charge in [-0.2, -0.15) is 0 Å². The molecule has 18 heavy (non-hydrogen) atoms. The molecule has 0 spiro atoms. The van der Waals surface area contributed by atoms with Gasteiger partial charge >= 0.3 is 5.97 Å². The summed E-state index contributed by atoms with van der Waals surface area (Å²) in [6.45, 7) is 5.41. The fourth-order valence-corrected chi connectivity index (χ4v) is 1.60. The van der Waals surface area contributed by atoms with Gasteiger partial charge in [0.2, 0.25) is 0 Å². The minimum Gasteiger partial charge on any atom is -0.456 e. The number of carbonyl (C=O) groups is 1. The van der Waals surface area contributed by atoms with Gasteiger partial charge in [0.15, 0.2) is 0 Å². The van der Waals surface area contributed by atoms with Gasteiger partial charge in [-0.25, -0.2) is 4.79 Å². The SMILES string of the molecule is CC(C)(C)OC(=O)c1c(N)ccc2nccnc12. The first-order valence-corrected chi connectivity index (χ1v) is 5.61. The number of aromatic nitrogens is 2. The van der Waals surface area contributed by atoms with Crippen LogP contribution in [0, 0.1) is 0 Å². The van der Waals surface area contributed by atoms with Crippen molar-refractivity contribution in [2.75, 3.05) is 5.73 Å². The van der Waals surface area contributed by atoms with Crippen molar-refractivity contribution in [3.8, 4) is 0 Å². The summed E-state index contributed by atoms with van der Waals surface area (Å²) in [7, 11) is 0. The predicted octanol–water partition coefficient (Wildman–Crippen LogP) is 2.17. The summed E-state index contributed by atoms with van der Waals surface area (Å²) in [5.41, 5.74) is 6.96. The lowest BCUT2D eigenvalue weighted by molar-refractivity contribution is 0.00728. The summed E-state index contributed by atoms with van der Waals surface area (Å²) < 4.78 is 5.33. The molecule has 2 rings (SSSR count). The Hall–Kier alpha value is -2.17. The van der Waals surface area contributed by atoms with Crippen molar-refractivity contribution in [3.63, 3.8) is 0 Å². The molecular weight excluding hydrogens is 230 g/mol. The van der Waals surface area contributed by atoms with Gasteiger partial charge in [-0.05, 0) is 32.9 Å². The molecule has 0 saturated carbocycles. The molecule has 0 aliphatic heterocycles. The number of carbonyl (C=O) groups excluding carboxylic acids is 1. The molecule has 0 radical (unpaired) electrons. The maximum atomic E-state index is 12.1. The average molecular weight is 245 g/mol. The van der Waals surface area contributed by atoms with Gasteiger partial charge in [-0.15, -0.1) is 0 Å². The standard InChI is InChI=1S/C13H15N3O2/c1-13(2,3)18-12(17)10-8(14)4-5-9-11(10)16-7-6-15-9/h4-7H,14H2,1-3H3. The van der Waals surface area contributed by atoms with Crippen LogP contribution in [0.4, 0.5) is 5.69 Å². The van der Waals surface area contributed by atoms with Crippen LogP contribution in [0.25, 0.3) is 11.0 Å². The van der Waals surface area contributed by atoms with Crippen LogP contribution in [-0.4, -0.2) is 21.5 Å². The number of rotatable bonds is 1. The molecule has 0 saturated heterocycles. The van der Waals surface area contributed by atoms with Crippen LogP contribution >= 0.6 is 0 Å². The second kappa shape index (κ2) is 4.25. The highest BCUT2D eigenvalue weighted by atomic mass is 16.6. The Morgan fingerprint density at radius 3 is 2.56 bits per heavy atom. The van der Waals surface area contributed by atoms with Crippen molar-refractivity contribution in [3.05, 3.63) is 30.1 Å². The molecule has 0 bridgehead atoms. The van der Waals surface area contributed by atoms with Crippen molar-refractivity contribution in [1.82, 2.24) is 9.97 Å². The van der Waals surface area contributed by atoms with Crippen LogP contribution in [0.3, 0.4) is 0 Å². The molecular formula is C13H15N3O2. The summed E-state index contributed by atoms with van der Waals surface area (Å²) in [4.78, 5) is 20.4. The number of ether oxygens (including phenoxy) is 1. The van der Waals surface area contributed by atoms with Crippen molar-refractivity contribution in [2.24, 2.45) is 0 Å². The molecule has 0 atom stereocenters. The van der Waals surface area contributed by atoms with Crippen LogP contribution in [0.15, 0.2) is 24.5 Å². The Morgan fingerprint density at radius 2 is 1.89 bits per heavy atom. The summed E-state index contributed by atoms with van der Waals surface area (Å²) in [6.07, 6.45) is 3.09. The Bertz CT molecular complexity index is 603. The normalized spacial score (nSPS) is 11.5. The second-order valence-electron chi connectivity index (χ2n) is 4.96. The van der Waals surface area contributed by atoms with Crippen molar-refractivity contribution >= 4 is 22.7 Å². The smallest absolute Gasteiger partial charge is 0.343 e. The molecule has 0 fully saturated rings. The van der Waals surface area contributed by atoms with E-state index in [2.05, 4.69) is 9.97 Å². The minimum absolute atomic E-state index is 0.274. The molecule has 94 valence electrons. The van der Waals surface area contributed by atoms with Crippen LogP contribution in [0.5, 0.6) is 0 Å². The van der Waals surface area contributed by atoms with E-state index in [1.54, 1.807) is 39.1 Å². The third-order valence-corrected chi connectivity index (χ3v) is 2.28. The molecule has 5 nitrogen and oxygen atoms in total. The molecule has 0 aliphatic rings. The maximum Gasteiger partial charge on any atom is 0.343 e. The molecule has 1 aromatic carbocycles. The van der Waals surface area contributed by atoms with Gasteiger partial charge in [0.25, 0.3) is 0 Å². The number of benzene rings is 1. The number of anilines is 1. The van der Waals surface area contributed by atoms with Crippen molar-refractivity contribution in [1.29, 1.82) is 0 Å². The number of esters is 1. The quantitative estimate of drug-likeness (QED) is 0.615. The van der Waals surface area contributed by atoms with E-state index in [9.17, 15) is 4.79 Å². The van der Waals surface area contributed by atoms with E-state index >= 15 is 0 Å². The zero-order valence-electron chi connectivity index (χ0n) is 10.6. The van der Waals surface area contributed by atoms with Gasteiger partial charge in [0.05, 0.1) is 5.52 Å². The molecule has 2 N–H and O–H groups in total. The monoisotopic (exact) mass is 245 g/mol.